The Bertz CT molecular complexity index is 589. The number of rotatable bonds is 2. The molecular weight excluding hydrogens is 250 g/mol. The average Bonchev–Trinajstić information content (AvgIpc) is 2.45. The van der Waals surface area contributed by atoms with E-state index in [1.807, 2.05) is 25.1 Å². The van der Waals surface area contributed by atoms with Gasteiger partial charge in [-0.3, -0.25) is 4.79 Å². The Morgan fingerprint density at radius 2 is 2.25 bits per heavy atom. The molecule has 0 fully saturated rings. The number of hydrogen-bond acceptors (Lipinski definition) is 3. The monoisotopic (exact) mass is 269 g/mol. The van der Waals surface area contributed by atoms with Gasteiger partial charge in [-0.2, -0.15) is 0 Å². The highest BCUT2D eigenvalue weighted by molar-refractivity contribution is 5.99. The second-order valence-corrected chi connectivity index (χ2v) is 5.43. The summed E-state index contributed by atoms with van der Waals surface area (Å²) in [6.07, 6.45) is 4.86. The fourth-order valence-corrected chi connectivity index (χ4v) is 3.06. The van der Waals surface area contributed by atoms with Crippen molar-refractivity contribution in [3.63, 3.8) is 0 Å². The quantitative estimate of drug-likeness (QED) is 0.866. The van der Waals surface area contributed by atoms with Crippen LogP contribution in [0.5, 0.6) is 0 Å². The van der Waals surface area contributed by atoms with Gasteiger partial charge in [0, 0.05) is 24.2 Å². The maximum absolute atomic E-state index is 12.0. The SMILES string of the molecule is CC1=CC(Nc2ccccn2)C(C)C2=C1C(=O)NCC2. The van der Waals surface area contributed by atoms with Gasteiger partial charge < -0.3 is 10.6 Å². The van der Waals surface area contributed by atoms with Crippen LogP contribution in [0.15, 0.2) is 47.2 Å². The molecule has 0 aromatic carbocycles. The lowest BCUT2D eigenvalue weighted by molar-refractivity contribution is -0.117. The predicted molar refractivity (Wildman–Crippen MR) is 79.2 cm³/mol. The lowest BCUT2D eigenvalue weighted by Crippen LogP contribution is -2.39. The standard InChI is InChI=1S/C16H19N3O/c1-10-9-13(19-14-5-3-4-7-17-14)11(2)12-6-8-18-16(20)15(10)12/h3-5,7,9,11,13H,6,8H2,1-2H3,(H,17,19)(H,18,20). The van der Waals surface area contributed by atoms with Gasteiger partial charge in [-0.15, -0.1) is 0 Å². The first-order valence-electron chi connectivity index (χ1n) is 7.04. The molecule has 0 spiro atoms. The summed E-state index contributed by atoms with van der Waals surface area (Å²) in [5, 5.41) is 6.38. The molecule has 0 bridgehead atoms. The summed E-state index contributed by atoms with van der Waals surface area (Å²) in [6.45, 7) is 4.93. The van der Waals surface area contributed by atoms with Gasteiger partial charge in [-0.1, -0.05) is 24.6 Å². The molecule has 1 aromatic rings. The van der Waals surface area contributed by atoms with E-state index in [-0.39, 0.29) is 11.9 Å². The van der Waals surface area contributed by atoms with Crippen LogP contribution in [0.25, 0.3) is 0 Å². The minimum Gasteiger partial charge on any atom is -0.363 e. The van der Waals surface area contributed by atoms with E-state index in [1.165, 1.54) is 5.57 Å². The van der Waals surface area contributed by atoms with Gasteiger partial charge in [-0.05, 0) is 31.1 Å². The smallest absolute Gasteiger partial charge is 0.251 e. The van der Waals surface area contributed by atoms with Crippen molar-refractivity contribution in [2.45, 2.75) is 26.3 Å². The first-order valence-corrected chi connectivity index (χ1v) is 7.04. The highest BCUT2D eigenvalue weighted by atomic mass is 16.1. The normalized spacial score (nSPS) is 25.7. The number of nitrogens with one attached hydrogen (secondary N) is 2. The van der Waals surface area contributed by atoms with Crippen molar-refractivity contribution >= 4 is 11.7 Å². The van der Waals surface area contributed by atoms with Crippen LogP contribution >= 0.6 is 0 Å². The van der Waals surface area contributed by atoms with E-state index in [1.54, 1.807) is 6.20 Å². The van der Waals surface area contributed by atoms with Crippen LogP contribution in [-0.4, -0.2) is 23.5 Å². The zero-order valence-corrected chi connectivity index (χ0v) is 11.8. The third-order valence-electron chi connectivity index (χ3n) is 4.12. The number of carbonyl (C=O) groups excluding carboxylic acids is 1. The highest BCUT2D eigenvalue weighted by Crippen LogP contribution is 2.34. The van der Waals surface area contributed by atoms with Gasteiger partial charge in [0.05, 0.1) is 6.04 Å². The number of aromatic nitrogens is 1. The van der Waals surface area contributed by atoms with Crippen LogP contribution in [0.2, 0.25) is 0 Å². The van der Waals surface area contributed by atoms with Gasteiger partial charge in [0.25, 0.3) is 5.91 Å². The van der Waals surface area contributed by atoms with Crippen molar-refractivity contribution in [1.29, 1.82) is 0 Å². The van der Waals surface area contributed by atoms with E-state index in [0.29, 0.717) is 5.92 Å². The summed E-state index contributed by atoms with van der Waals surface area (Å²) in [7, 11) is 0. The van der Waals surface area contributed by atoms with Crippen molar-refractivity contribution in [3.05, 3.63) is 47.2 Å². The lowest BCUT2D eigenvalue weighted by atomic mass is 9.78. The average molecular weight is 269 g/mol. The van der Waals surface area contributed by atoms with Gasteiger partial charge in [0.1, 0.15) is 5.82 Å². The molecule has 1 aromatic heterocycles. The molecule has 0 radical (unpaired) electrons. The van der Waals surface area contributed by atoms with Gasteiger partial charge in [0.2, 0.25) is 0 Å². The summed E-state index contributed by atoms with van der Waals surface area (Å²) in [6, 6.07) is 6.03. The van der Waals surface area contributed by atoms with Crippen molar-refractivity contribution in [1.82, 2.24) is 10.3 Å². The number of nitrogens with zero attached hydrogens (tertiary/aromatic N) is 1. The van der Waals surface area contributed by atoms with Crippen molar-refractivity contribution in [2.24, 2.45) is 5.92 Å². The topological polar surface area (TPSA) is 54.0 Å². The Balaban J connectivity index is 1.88. The molecule has 2 N–H and O–H groups in total. The Hall–Kier alpha value is -2.10. The van der Waals surface area contributed by atoms with Crippen LogP contribution in [0.3, 0.4) is 0 Å². The molecule has 2 atom stereocenters. The first kappa shape index (κ1) is 12.9. The number of pyridine rings is 1. The summed E-state index contributed by atoms with van der Waals surface area (Å²) in [4.78, 5) is 16.3. The molecule has 4 nitrogen and oxygen atoms in total. The van der Waals surface area contributed by atoms with Crippen molar-refractivity contribution < 1.29 is 4.79 Å². The Kier molecular flexibility index (Phi) is 3.30. The third-order valence-corrected chi connectivity index (χ3v) is 4.12. The number of anilines is 1. The summed E-state index contributed by atoms with van der Waals surface area (Å²) < 4.78 is 0. The zero-order chi connectivity index (χ0) is 14.1. The molecule has 2 heterocycles. The van der Waals surface area contributed by atoms with Gasteiger partial charge in [0.15, 0.2) is 0 Å². The molecule has 1 amide bonds. The van der Waals surface area contributed by atoms with Crippen molar-refractivity contribution in [2.75, 3.05) is 11.9 Å². The van der Waals surface area contributed by atoms with Gasteiger partial charge in [-0.25, -0.2) is 4.98 Å². The Morgan fingerprint density at radius 1 is 1.40 bits per heavy atom. The van der Waals surface area contributed by atoms with Crippen LogP contribution in [0.1, 0.15) is 20.3 Å². The molecule has 20 heavy (non-hydrogen) atoms. The Labute approximate surface area is 119 Å². The largest absolute Gasteiger partial charge is 0.363 e. The maximum Gasteiger partial charge on any atom is 0.251 e. The third kappa shape index (κ3) is 2.22. The van der Waals surface area contributed by atoms with Crippen LogP contribution < -0.4 is 10.6 Å². The van der Waals surface area contributed by atoms with E-state index in [0.717, 1.165) is 29.9 Å². The molecule has 2 aliphatic rings. The molecule has 104 valence electrons. The Morgan fingerprint density at radius 3 is 3.00 bits per heavy atom. The lowest BCUT2D eigenvalue weighted by Gasteiger charge is -2.34. The molecule has 0 saturated carbocycles. The number of carbonyl (C=O) groups is 1. The molecule has 0 saturated heterocycles. The molecular formula is C16H19N3O. The minimum atomic E-state index is 0.0723. The molecule has 1 aliphatic heterocycles. The summed E-state index contributed by atoms with van der Waals surface area (Å²) in [5.74, 6) is 1.25. The summed E-state index contributed by atoms with van der Waals surface area (Å²) >= 11 is 0. The molecule has 3 rings (SSSR count). The van der Waals surface area contributed by atoms with E-state index >= 15 is 0 Å². The minimum absolute atomic E-state index is 0.0723. The second-order valence-electron chi connectivity index (χ2n) is 5.43. The zero-order valence-electron chi connectivity index (χ0n) is 11.8. The van der Waals surface area contributed by atoms with Crippen LogP contribution in [0.4, 0.5) is 5.82 Å². The predicted octanol–water partition coefficient (Wildman–Crippen LogP) is 2.27. The first-order chi connectivity index (χ1) is 9.66. The van der Waals surface area contributed by atoms with Gasteiger partial charge >= 0.3 is 0 Å². The fourth-order valence-electron chi connectivity index (χ4n) is 3.06. The number of hydrogen-bond donors (Lipinski definition) is 2. The molecule has 2 unspecified atom stereocenters. The maximum atomic E-state index is 12.0. The van der Waals surface area contributed by atoms with E-state index < -0.39 is 0 Å². The van der Waals surface area contributed by atoms with Crippen molar-refractivity contribution in [3.8, 4) is 0 Å². The van der Waals surface area contributed by atoms with E-state index in [4.69, 9.17) is 0 Å². The molecule has 4 heteroatoms. The fraction of sp³-hybridized carbons (Fsp3) is 0.375. The second kappa shape index (κ2) is 5.12. The van der Waals surface area contributed by atoms with E-state index in [9.17, 15) is 4.79 Å². The molecule has 1 aliphatic carbocycles. The van der Waals surface area contributed by atoms with E-state index in [2.05, 4.69) is 28.6 Å². The van der Waals surface area contributed by atoms with Crippen LogP contribution in [0, 0.1) is 5.92 Å². The highest BCUT2D eigenvalue weighted by Gasteiger charge is 2.32. The van der Waals surface area contributed by atoms with Crippen LogP contribution in [-0.2, 0) is 4.79 Å². The summed E-state index contributed by atoms with van der Waals surface area (Å²) in [5.41, 5.74) is 3.22. The number of amides is 1.